The third-order valence-corrected chi connectivity index (χ3v) is 4.07. The Morgan fingerprint density at radius 2 is 2.21 bits per heavy atom. The second-order valence-corrected chi connectivity index (χ2v) is 6.59. The highest BCUT2D eigenvalue weighted by atomic mass is 16.6. The average molecular weight is 400 g/mol. The first-order valence-corrected chi connectivity index (χ1v) is 8.94. The van der Waals surface area contributed by atoms with E-state index in [4.69, 9.17) is 9.47 Å². The van der Waals surface area contributed by atoms with E-state index in [0.717, 1.165) is 0 Å². The van der Waals surface area contributed by atoms with Gasteiger partial charge in [0.2, 0.25) is 11.8 Å². The fourth-order valence-corrected chi connectivity index (χ4v) is 2.76. The zero-order valence-corrected chi connectivity index (χ0v) is 16.0. The molecule has 2 amide bonds. The number of nitro benzene ring substituents is 1. The van der Waals surface area contributed by atoms with Gasteiger partial charge in [0.1, 0.15) is 12.3 Å². The van der Waals surface area contributed by atoms with Crippen LogP contribution in [0.5, 0.6) is 11.6 Å². The summed E-state index contributed by atoms with van der Waals surface area (Å²) in [5, 5.41) is 13.8. The predicted octanol–water partition coefficient (Wildman–Crippen LogP) is 1.82. The van der Waals surface area contributed by atoms with Crippen LogP contribution < -0.4 is 19.7 Å². The Bertz CT molecular complexity index is 946. The number of carbonyl (C=O) groups excluding carboxylic acids is 2. The topological polar surface area (TPSA) is 124 Å². The summed E-state index contributed by atoms with van der Waals surface area (Å²) in [6.07, 6.45) is 1.52. The molecule has 0 atom stereocenters. The summed E-state index contributed by atoms with van der Waals surface area (Å²) in [7, 11) is 0. The maximum Gasteiger partial charge on any atom is 0.271 e. The molecule has 0 bridgehead atoms. The standard InChI is InChI=1S/C19H20N4O6/c1-12(2)29-19-13(4-3-7-20-19)9-21-17(24)10-22-15-8-14(23(26)27)5-6-16(15)28-11-18(22)25/h3-8,12H,9-11H2,1-2H3,(H,21,24). The molecule has 1 aliphatic heterocycles. The van der Waals surface area contributed by atoms with E-state index >= 15 is 0 Å². The Morgan fingerprint density at radius 1 is 1.41 bits per heavy atom. The fourth-order valence-electron chi connectivity index (χ4n) is 2.76. The Hall–Kier alpha value is -3.69. The van der Waals surface area contributed by atoms with Crippen LogP contribution >= 0.6 is 0 Å². The van der Waals surface area contributed by atoms with E-state index in [0.29, 0.717) is 17.2 Å². The van der Waals surface area contributed by atoms with Gasteiger partial charge in [-0.3, -0.25) is 24.6 Å². The van der Waals surface area contributed by atoms with Crippen LogP contribution in [0.2, 0.25) is 0 Å². The lowest BCUT2D eigenvalue weighted by Crippen LogP contribution is -2.45. The number of carbonyl (C=O) groups is 2. The molecule has 0 aliphatic carbocycles. The number of aromatic nitrogens is 1. The van der Waals surface area contributed by atoms with Crippen molar-refractivity contribution < 1.29 is 24.0 Å². The number of rotatable bonds is 7. The van der Waals surface area contributed by atoms with Crippen molar-refractivity contribution in [3.8, 4) is 11.6 Å². The van der Waals surface area contributed by atoms with Gasteiger partial charge in [-0.1, -0.05) is 6.07 Å². The maximum absolute atomic E-state index is 12.5. The Balaban J connectivity index is 1.71. The predicted molar refractivity (Wildman–Crippen MR) is 103 cm³/mol. The molecule has 1 aromatic carbocycles. The highest BCUT2D eigenvalue weighted by Gasteiger charge is 2.29. The number of hydrogen-bond donors (Lipinski definition) is 1. The van der Waals surface area contributed by atoms with Crippen molar-refractivity contribution in [2.45, 2.75) is 26.5 Å². The lowest BCUT2D eigenvalue weighted by molar-refractivity contribution is -0.384. The molecule has 1 aliphatic rings. The molecule has 0 saturated carbocycles. The van der Waals surface area contributed by atoms with E-state index in [1.54, 1.807) is 18.3 Å². The van der Waals surface area contributed by atoms with Crippen molar-refractivity contribution >= 4 is 23.2 Å². The summed E-state index contributed by atoms with van der Waals surface area (Å²) in [6.45, 7) is 3.37. The molecule has 29 heavy (non-hydrogen) atoms. The summed E-state index contributed by atoms with van der Waals surface area (Å²) in [4.78, 5) is 40.5. The third-order valence-electron chi connectivity index (χ3n) is 4.07. The van der Waals surface area contributed by atoms with E-state index in [1.165, 1.54) is 23.1 Å². The third kappa shape index (κ3) is 4.78. The molecule has 152 valence electrons. The van der Waals surface area contributed by atoms with Crippen LogP contribution in [-0.2, 0) is 16.1 Å². The first kappa shape index (κ1) is 20.1. The van der Waals surface area contributed by atoms with Gasteiger partial charge in [-0.2, -0.15) is 0 Å². The number of hydrogen-bond acceptors (Lipinski definition) is 7. The average Bonchev–Trinajstić information content (AvgIpc) is 2.68. The molecule has 0 radical (unpaired) electrons. The number of non-ortho nitro benzene ring substituents is 1. The second kappa shape index (κ2) is 8.55. The number of nitrogens with one attached hydrogen (secondary N) is 1. The van der Waals surface area contributed by atoms with Gasteiger partial charge in [0, 0.05) is 30.4 Å². The molecule has 10 nitrogen and oxygen atoms in total. The molecule has 0 saturated heterocycles. The van der Waals surface area contributed by atoms with Crippen LogP contribution in [0, 0.1) is 10.1 Å². The number of pyridine rings is 1. The number of benzene rings is 1. The van der Waals surface area contributed by atoms with Crippen LogP contribution in [0.25, 0.3) is 0 Å². The van der Waals surface area contributed by atoms with Crippen LogP contribution in [0.4, 0.5) is 11.4 Å². The minimum atomic E-state index is -0.573. The zero-order chi connectivity index (χ0) is 21.0. The Morgan fingerprint density at radius 3 is 2.93 bits per heavy atom. The van der Waals surface area contributed by atoms with Gasteiger partial charge < -0.3 is 14.8 Å². The van der Waals surface area contributed by atoms with E-state index in [1.807, 2.05) is 13.8 Å². The van der Waals surface area contributed by atoms with Crippen molar-refractivity contribution in [2.24, 2.45) is 0 Å². The first-order valence-electron chi connectivity index (χ1n) is 8.94. The van der Waals surface area contributed by atoms with Crippen molar-refractivity contribution in [3.05, 3.63) is 52.2 Å². The molecule has 10 heteroatoms. The Kier molecular flexibility index (Phi) is 5.91. The first-order chi connectivity index (χ1) is 13.8. The van der Waals surface area contributed by atoms with Gasteiger partial charge in [0.25, 0.3) is 11.6 Å². The van der Waals surface area contributed by atoms with Gasteiger partial charge in [-0.05, 0) is 26.0 Å². The highest BCUT2D eigenvalue weighted by Crippen LogP contribution is 2.35. The molecule has 1 N–H and O–H groups in total. The number of fused-ring (bicyclic) bond motifs is 1. The molecule has 0 spiro atoms. The quantitative estimate of drug-likeness (QED) is 0.555. The SMILES string of the molecule is CC(C)Oc1ncccc1CNC(=O)CN1C(=O)COc2ccc([N+](=O)[O-])cc21. The second-order valence-electron chi connectivity index (χ2n) is 6.59. The molecule has 2 heterocycles. The molecule has 3 rings (SSSR count). The van der Waals surface area contributed by atoms with Gasteiger partial charge >= 0.3 is 0 Å². The fraction of sp³-hybridized carbons (Fsp3) is 0.316. The van der Waals surface area contributed by atoms with Gasteiger partial charge in [0.15, 0.2) is 6.61 Å². The monoisotopic (exact) mass is 400 g/mol. The zero-order valence-electron chi connectivity index (χ0n) is 16.0. The summed E-state index contributed by atoms with van der Waals surface area (Å²) in [5.41, 5.74) is 0.688. The number of nitrogens with zero attached hydrogens (tertiary/aromatic N) is 3. The van der Waals surface area contributed by atoms with Crippen molar-refractivity contribution in [2.75, 3.05) is 18.1 Å². The number of nitro groups is 1. The molecular weight excluding hydrogens is 380 g/mol. The molecule has 0 fully saturated rings. The van der Waals surface area contributed by atoms with Crippen LogP contribution in [0.3, 0.4) is 0 Å². The largest absolute Gasteiger partial charge is 0.482 e. The van der Waals surface area contributed by atoms with Crippen LogP contribution in [0.15, 0.2) is 36.5 Å². The van der Waals surface area contributed by atoms with Gasteiger partial charge in [-0.15, -0.1) is 0 Å². The summed E-state index contributed by atoms with van der Waals surface area (Å²) in [5.74, 6) is -0.162. The smallest absolute Gasteiger partial charge is 0.271 e. The molecule has 0 unspecified atom stereocenters. The summed E-state index contributed by atoms with van der Waals surface area (Å²) >= 11 is 0. The lowest BCUT2D eigenvalue weighted by atomic mass is 10.2. The number of anilines is 1. The summed E-state index contributed by atoms with van der Waals surface area (Å²) in [6, 6.07) is 7.43. The van der Waals surface area contributed by atoms with Crippen LogP contribution in [-0.4, -0.2) is 41.0 Å². The number of ether oxygens (including phenoxy) is 2. The summed E-state index contributed by atoms with van der Waals surface area (Å²) < 4.78 is 10.9. The lowest BCUT2D eigenvalue weighted by Gasteiger charge is -2.28. The van der Waals surface area contributed by atoms with Crippen LogP contribution in [0.1, 0.15) is 19.4 Å². The van der Waals surface area contributed by atoms with Crippen molar-refractivity contribution in [3.63, 3.8) is 0 Å². The normalized spacial score (nSPS) is 12.9. The van der Waals surface area contributed by atoms with E-state index < -0.39 is 16.7 Å². The highest BCUT2D eigenvalue weighted by molar-refractivity contribution is 6.02. The number of amides is 2. The van der Waals surface area contributed by atoms with Crippen molar-refractivity contribution in [1.29, 1.82) is 0 Å². The Labute approximate surface area is 166 Å². The van der Waals surface area contributed by atoms with Crippen molar-refractivity contribution in [1.82, 2.24) is 10.3 Å². The van der Waals surface area contributed by atoms with E-state index in [-0.39, 0.29) is 37.2 Å². The molecule has 1 aromatic heterocycles. The van der Waals surface area contributed by atoms with Gasteiger partial charge in [-0.25, -0.2) is 4.98 Å². The minimum Gasteiger partial charge on any atom is -0.482 e. The molecular formula is C19H20N4O6. The minimum absolute atomic E-state index is 0.0717. The van der Waals surface area contributed by atoms with E-state index in [2.05, 4.69) is 10.3 Å². The maximum atomic E-state index is 12.5. The van der Waals surface area contributed by atoms with Gasteiger partial charge in [0.05, 0.1) is 16.7 Å². The molecule has 2 aromatic rings. The van der Waals surface area contributed by atoms with E-state index in [9.17, 15) is 19.7 Å².